The van der Waals surface area contributed by atoms with E-state index in [-0.39, 0.29) is 0 Å². The lowest BCUT2D eigenvalue weighted by Gasteiger charge is -2.19. The van der Waals surface area contributed by atoms with Crippen LogP contribution in [0.1, 0.15) is 58.1 Å². The summed E-state index contributed by atoms with van der Waals surface area (Å²) in [7, 11) is 2.01. The minimum atomic E-state index is 0.379. The van der Waals surface area contributed by atoms with E-state index in [2.05, 4.69) is 38.2 Å². The highest BCUT2D eigenvalue weighted by atomic mass is 16.5. The lowest BCUT2D eigenvalue weighted by atomic mass is 10.0. The number of rotatable bonds is 10. The third-order valence-electron chi connectivity index (χ3n) is 3.22. The lowest BCUT2D eigenvalue weighted by Crippen LogP contribution is -2.16. The van der Waals surface area contributed by atoms with Crippen LogP contribution in [0.2, 0.25) is 0 Å². The molecule has 1 aromatic carbocycles. The Labute approximate surface area is 123 Å². The number of benzene rings is 1. The highest BCUT2D eigenvalue weighted by Crippen LogP contribution is 2.32. The fraction of sp³-hybridized carbons (Fsp3) is 0.647. The molecular formula is C17H29NO2. The summed E-state index contributed by atoms with van der Waals surface area (Å²) < 4.78 is 11.6. The first-order chi connectivity index (χ1) is 9.76. The van der Waals surface area contributed by atoms with Gasteiger partial charge in [0.2, 0.25) is 0 Å². The summed E-state index contributed by atoms with van der Waals surface area (Å²) >= 11 is 0. The van der Waals surface area contributed by atoms with Crippen molar-refractivity contribution in [1.29, 1.82) is 0 Å². The second-order valence-corrected chi connectivity index (χ2v) is 5.03. The van der Waals surface area contributed by atoms with Gasteiger partial charge in [-0.25, -0.2) is 0 Å². The molecule has 1 unspecified atom stereocenters. The number of hydrogen-bond acceptors (Lipinski definition) is 3. The van der Waals surface area contributed by atoms with Gasteiger partial charge in [-0.2, -0.15) is 0 Å². The number of hydrogen-bond donors (Lipinski definition) is 1. The average molecular weight is 279 g/mol. The predicted molar refractivity (Wildman–Crippen MR) is 84.7 cm³/mol. The molecule has 0 bridgehead atoms. The predicted octanol–water partition coefficient (Wildman–Crippen LogP) is 4.32. The van der Waals surface area contributed by atoms with Crippen molar-refractivity contribution in [3.05, 3.63) is 23.8 Å². The van der Waals surface area contributed by atoms with E-state index in [1.165, 1.54) is 5.56 Å². The fourth-order valence-corrected chi connectivity index (χ4v) is 2.16. The molecule has 0 heterocycles. The van der Waals surface area contributed by atoms with Gasteiger partial charge in [0.15, 0.2) is 11.5 Å². The van der Waals surface area contributed by atoms with Gasteiger partial charge in [0, 0.05) is 6.04 Å². The Kier molecular flexibility index (Phi) is 8.12. The number of ether oxygens (including phenoxy) is 2. The van der Waals surface area contributed by atoms with Crippen molar-refractivity contribution in [2.45, 2.75) is 52.5 Å². The maximum atomic E-state index is 5.84. The zero-order chi connectivity index (χ0) is 14.8. The SMILES string of the molecule is CCCOc1ccc(C(CCC)NC)cc1OCCC. The van der Waals surface area contributed by atoms with Crippen molar-refractivity contribution in [1.82, 2.24) is 5.32 Å². The molecule has 0 saturated heterocycles. The maximum Gasteiger partial charge on any atom is 0.161 e. The molecule has 1 aromatic rings. The second-order valence-electron chi connectivity index (χ2n) is 5.03. The Morgan fingerprint density at radius 1 is 0.950 bits per heavy atom. The van der Waals surface area contributed by atoms with Crippen molar-refractivity contribution in [3.8, 4) is 11.5 Å². The van der Waals surface area contributed by atoms with Gasteiger partial charge in [-0.15, -0.1) is 0 Å². The fourth-order valence-electron chi connectivity index (χ4n) is 2.16. The first kappa shape index (κ1) is 16.8. The summed E-state index contributed by atoms with van der Waals surface area (Å²) in [6.07, 6.45) is 4.29. The molecule has 20 heavy (non-hydrogen) atoms. The van der Waals surface area contributed by atoms with Crippen LogP contribution in [0.3, 0.4) is 0 Å². The van der Waals surface area contributed by atoms with Gasteiger partial charge in [0.25, 0.3) is 0 Å². The van der Waals surface area contributed by atoms with E-state index in [0.717, 1.165) is 50.4 Å². The van der Waals surface area contributed by atoms with Gasteiger partial charge in [-0.3, -0.25) is 0 Å². The molecule has 3 heteroatoms. The van der Waals surface area contributed by atoms with Crippen molar-refractivity contribution < 1.29 is 9.47 Å². The van der Waals surface area contributed by atoms with E-state index in [1.54, 1.807) is 0 Å². The molecule has 0 amide bonds. The topological polar surface area (TPSA) is 30.5 Å². The van der Waals surface area contributed by atoms with Crippen LogP contribution < -0.4 is 14.8 Å². The molecule has 114 valence electrons. The molecule has 0 radical (unpaired) electrons. The molecule has 0 aliphatic carbocycles. The summed E-state index contributed by atoms with van der Waals surface area (Å²) in [4.78, 5) is 0. The molecule has 1 rings (SSSR count). The third kappa shape index (κ3) is 5.04. The summed E-state index contributed by atoms with van der Waals surface area (Å²) in [5, 5.41) is 3.37. The quantitative estimate of drug-likeness (QED) is 0.691. The van der Waals surface area contributed by atoms with Gasteiger partial charge in [-0.1, -0.05) is 33.3 Å². The second kappa shape index (κ2) is 9.65. The van der Waals surface area contributed by atoms with Crippen molar-refractivity contribution >= 4 is 0 Å². The molecule has 0 fully saturated rings. The van der Waals surface area contributed by atoms with Crippen LogP contribution in [-0.2, 0) is 0 Å². The van der Waals surface area contributed by atoms with E-state index in [0.29, 0.717) is 6.04 Å². The summed E-state index contributed by atoms with van der Waals surface area (Å²) in [6.45, 7) is 7.89. The van der Waals surface area contributed by atoms with Crippen molar-refractivity contribution in [2.75, 3.05) is 20.3 Å². The first-order valence-electron chi connectivity index (χ1n) is 7.83. The molecular weight excluding hydrogens is 250 g/mol. The highest BCUT2D eigenvalue weighted by molar-refractivity contribution is 5.44. The van der Waals surface area contributed by atoms with Gasteiger partial charge < -0.3 is 14.8 Å². The third-order valence-corrected chi connectivity index (χ3v) is 3.22. The summed E-state index contributed by atoms with van der Waals surface area (Å²) in [5.74, 6) is 1.73. The van der Waals surface area contributed by atoms with E-state index in [1.807, 2.05) is 13.1 Å². The van der Waals surface area contributed by atoms with Crippen molar-refractivity contribution in [3.63, 3.8) is 0 Å². The largest absolute Gasteiger partial charge is 0.490 e. The zero-order valence-corrected chi connectivity index (χ0v) is 13.4. The molecule has 0 saturated carbocycles. The normalized spacial score (nSPS) is 12.2. The Bertz CT molecular complexity index is 379. The van der Waals surface area contributed by atoms with Gasteiger partial charge in [-0.05, 0) is 44.0 Å². The maximum absolute atomic E-state index is 5.84. The van der Waals surface area contributed by atoms with Crippen LogP contribution in [0.25, 0.3) is 0 Å². The Morgan fingerprint density at radius 3 is 2.15 bits per heavy atom. The molecule has 0 aliphatic rings. The molecule has 0 aliphatic heterocycles. The van der Waals surface area contributed by atoms with Gasteiger partial charge >= 0.3 is 0 Å². The van der Waals surface area contributed by atoms with E-state index in [4.69, 9.17) is 9.47 Å². The standard InChI is InChI=1S/C17H29NO2/c1-5-8-15(18-4)14-9-10-16(19-11-6-2)17(13-14)20-12-7-3/h9-10,13,15,18H,5-8,11-12H2,1-4H3. The summed E-state index contributed by atoms with van der Waals surface area (Å²) in [6, 6.07) is 6.68. The Hall–Kier alpha value is -1.22. The van der Waals surface area contributed by atoms with Crippen LogP contribution in [0.4, 0.5) is 0 Å². The average Bonchev–Trinajstić information content (AvgIpc) is 2.49. The minimum absolute atomic E-state index is 0.379. The Balaban J connectivity index is 2.92. The molecule has 0 spiro atoms. The van der Waals surface area contributed by atoms with E-state index in [9.17, 15) is 0 Å². The molecule has 3 nitrogen and oxygen atoms in total. The monoisotopic (exact) mass is 279 g/mol. The molecule has 1 atom stereocenters. The summed E-state index contributed by atoms with van der Waals surface area (Å²) in [5.41, 5.74) is 1.27. The smallest absolute Gasteiger partial charge is 0.161 e. The first-order valence-corrected chi connectivity index (χ1v) is 7.83. The lowest BCUT2D eigenvalue weighted by molar-refractivity contribution is 0.268. The van der Waals surface area contributed by atoms with Gasteiger partial charge in [0.1, 0.15) is 0 Å². The number of nitrogens with one attached hydrogen (secondary N) is 1. The van der Waals surface area contributed by atoms with Crippen LogP contribution in [-0.4, -0.2) is 20.3 Å². The van der Waals surface area contributed by atoms with Crippen LogP contribution in [0.5, 0.6) is 11.5 Å². The van der Waals surface area contributed by atoms with E-state index >= 15 is 0 Å². The van der Waals surface area contributed by atoms with Gasteiger partial charge in [0.05, 0.1) is 13.2 Å². The van der Waals surface area contributed by atoms with Crippen LogP contribution >= 0.6 is 0 Å². The van der Waals surface area contributed by atoms with Crippen LogP contribution in [0, 0.1) is 0 Å². The molecule has 1 N–H and O–H groups in total. The Morgan fingerprint density at radius 2 is 1.60 bits per heavy atom. The van der Waals surface area contributed by atoms with Crippen LogP contribution in [0.15, 0.2) is 18.2 Å². The molecule has 0 aromatic heterocycles. The van der Waals surface area contributed by atoms with Crippen molar-refractivity contribution in [2.24, 2.45) is 0 Å². The minimum Gasteiger partial charge on any atom is -0.490 e. The zero-order valence-electron chi connectivity index (χ0n) is 13.4. The van der Waals surface area contributed by atoms with E-state index < -0.39 is 0 Å². The highest BCUT2D eigenvalue weighted by Gasteiger charge is 2.12.